The van der Waals surface area contributed by atoms with Crippen LogP contribution in [-0.2, 0) is 12.8 Å². The predicted octanol–water partition coefficient (Wildman–Crippen LogP) is 1.31. The molecular formula is C9H12N2O. The van der Waals surface area contributed by atoms with Crippen LogP contribution in [0.4, 0.5) is 0 Å². The van der Waals surface area contributed by atoms with Crippen molar-refractivity contribution in [1.29, 1.82) is 0 Å². The van der Waals surface area contributed by atoms with E-state index < -0.39 is 0 Å². The van der Waals surface area contributed by atoms with Crippen molar-refractivity contribution >= 4 is 0 Å². The second-order valence-corrected chi connectivity index (χ2v) is 3.52. The molecular weight excluding hydrogens is 152 g/mol. The average Bonchev–Trinajstić information content (AvgIpc) is 2.03. The molecule has 0 saturated heterocycles. The van der Waals surface area contributed by atoms with E-state index in [1.807, 2.05) is 0 Å². The second-order valence-electron chi connectivity index (χ2n) is 3.52. The van der Waals surface area contributed by atoms with Gasteiger partial charge < -0.3 is 5.11 Å². The van der Waals surface area contributed by atoms with E-state index in [-0.39, 0.29) is 5.88 Å². The van der Waals surface area contributed by atoms with Gasteiger partial charge in [0, 0.05) is 6.07 Å². The Bertz CT molecular complexity index is 299. The Morgan fingerprint density at radius 2 is 2.33 bits per heavy atom. The zero-order valence-electron chi connectivity index (χ0n) is 7.12. The van der Waals surface area contributed by atoms with E-state index in [1.54, 1.807) is 6.07 Å². The molecule has 1 aliphatic carbocycles. The fourth-order valence-electron chi connectivity index (χ4n) is 1.69. The van der Waals surface area contributed by atoms with Crippen molar-refractivity contribution in [1.82, 2.24) is 10.2 Å². The number of aromatic hydroxyl groups is 1. The largest absolute Gasteiger partial charge is 0.492 e. The van der Waals surface area contributed by atoms with Crippen LogP contribution in [0, 0.1) is 5.92 Å². The first-order valence-corrected chi connectivity index (χ1v) is 4.30. The molecule has 0 amide bonds. The van der Waals surface area contributed by atoms with Gasteiger partial charge in [0.1, 0.15) is 0 Å². The predicted molar refractivity (Wildman–Crippen MR) is 44.9 cm³/mol. The van der Waals surface area contributed by atoms with E-state index >= 15 is 0 Å². The van der Waals surface area contributed by atoms with Crippen molar-refractivity contribution in [3.8, 4) is 5.88 Å². The lowest BCUT2D eigenvalue weighted by atomic mass is 9.88. The monoisotopic (exact) mass is 164 g/mol. The van der Waals surface area contributed by atoms with E-state index in [1.165, 1.54) is 12.0 Å². The molecule has 12 heavy (non-hydrogen) atoms. The van der Waals surface area contributed by atoms with Crippen molar-refractivity contribution in [2.45, 2.75) is 26.2 Å². The van der Waals surface area contributed by atoms with Gasteiger partial charge in [-0.2, -0.15) is 5.10 Å². The molecule has 0 fully saturated rings. The topological polar surface area (TPSA) is 46.0 Å². The number of nitrogens with zero attached hydrogens (tertiary/aromatic N) is 2. The summed E-state index contributed by atoms with van der Waals surface area (Å²) in [5.41, 5.74) is 2.23. The fraction of sp³-hybridized carbons (Fsp3) is 0.556. The van der Waals surface area contributed by atoms with Crippen LogP contribution in [0.5, 0.6) is 5.88 Å². The fourth-order valence-corrected chi connectivity index (χ4v) is 1.69. The molecule has 0 aromatic carbocycles. The molecule has 2 rings (SSSR count). The standard InChI is InChI=1S/C9H12N2O/c1-6-2-3-8-7(4-6)5-9(12)11-10-8/h5-6H,2-4H2,1H3,(H,11,12). The number of aromatic nitrogens is 2. The Morgan fingerprint density at radius 1 is 1.50 bits per heavy atom. The highest BCUT2D eigenvalue weighted by molar-refractivity contribution is 5.26. The third-order valence-electron chi connectivity index (χ3n) is 2.39. The Morgan fingerprint density at radius 3 is 3.17 bits per heavy atom. The quantitative estimate of drug-likeness (QED) is 0.628. The molecule has 0 bridgehead atoms. The van der Waals surface area contributed by atoms with E-state index in [2.05, 4.69) is 17.1 Å². The third-order valence-corrected chi connectivity index (χ3v) is 2.39. The molecule has 1 unspecified atom stereocenters. The number of rotatable bonds is 0. The molecule has 0 aliphatic heterocycles. The first kappa shape index (κ1) is 7.53. The Balaban J connectivity index is 2.37. The average molecular weight is 164 g/mol. The summed E-state index contributed by atoms with van der Waals surface area (Å²) in [5, 5.41) is 16.7. The van der Waals surface area contributed by atoms with Crippen LogP contribution in [0.15, 0.2) is 6.07 Å². The summed E-state index contributed by atoms with van der Waals surface area (Å²) in [5.74, 6) is 0.754. The molecule has 1 N–H and O–H groups in total. The molecule has 1 aromatic heterocycles. The molecule has 0 saturated carbocycles. The summed E-state index contributed by atoms with van der Waals surface area (Å²) < 4.78 is 0. The minimum Gasteiger partial charge on any atom is -0.492 e. The van der Waals surface area contributed by atoms with Crippen LogP contribution in [0.2, 0.25) is 0 Å². The summed E-state index contributed by atoms with van der Waals surface area (Å²) in [7, 11) is 0. The van der Waals surface area contributed by atoms with Crippen molar-refractivity contribution in [2.24, 2.45) is 5.92 Å². The molecule has 1 aromatic rings. The van der Waals surface area contributed by atoms with Crippen LogP contribution in [0.25, 0.3) is 0 Å². The van der Waals surface area contributed by atoms with Gasteiger partial charge in [0.25, 0.3) is 0 Å². The molecule has 1 atom stereocenters. The molecule has 64 valence electrons. The van der Waals surface area contributed by atoms with Crippen LogP contribution in [0.3, 0.4) is 0 Å². The SMILES string of the molecule is CC1CCc2nnc(O)cc2C1. The molecule has 3 nitrogen and oxygen atoms in total. The molecule has 1 heterocycles. The van der Waals surface area contributed by atoms with Gasteiger partial charge in [-0.25, -0.2) is 0 Å². The zero-order valence-corrected chi connectivity index (χ0v) is 7.12. The van der Waals surface area contributed by atoms with Gasteiger partial charge in [-0.1, -0.05) is 6.92 Å². The number of hydrogen-bond acceptors (Lipinski definition) is 3. The molecule has 1 aliphatic rings. The molecule has 0 radical (unpaired) electrons. The lowest BCUT2D eigenvalue weighted by Gasteiger charge is -2.19. The summed E-state index contributed by atoms with van der Waals surface area (Å²) in [6.45, 7) is 2.22. The first-order valence-electron chi connectivity index (χ1n) is 4.30. The normalized spacial score (nSPS) is 21.9. The summed E-state index contributed by atoms with van der Waals surface area (Å²) in [6, 6.07) is 1.73. The van der Waals surface area contributed by atoms with Gasteiger partial charge >= 0.3 is 0 Å². The Labute approximate surface area is 71.5 Å². The van der Waals surface area contributed by atoms with Crippen molar-refractivity contribution < 1.29 is 5.11 Å². The number of fused-ring (bicyclic) bond motifs is 1. The van der Waals surface area contributed by atoms with Crippen LogP contribution in [0.1, 0.15) is 24.6 Å². The van der Waals surface area contributed by atoms with Crippen LogP contribution >= 0.6 is 0 Å². The van der Waals surface area contributed by atoms with Crippen molar-refractivity contribution in [2.75, 3.05) is 0 Å². The van der Waals surface area contributed by atoms with Crippen LogP contribution < -0.4 is 0 Å². The summed E-state index contributed by atoms with van der Waals surface area (Å²) >= 11 is 0. The number of hydrogen-bond donors (Lipinski definition) is 1. The number of aryl methyl sites for hydroxylation is 1. The third kappa shape index (κ3) is 1.26. The molecule has 3 heteroatoms. The van der Waals surface area contributed by atoms with Crippen molar-refractivity contribution in [3.63, 3.8) is 0 Å². The maximum Gasteiger partial charge on any atom is 0.231 e. The Hall–Kier alpha value is -1.12. The van der Waals surface area contributed by atoms with Gasteiger partial charge in [0.2, 0.25) is 5.88 Å². The highest BCUT2D eigenvalue weighted by Crippen LogP contribution is 2.24. The lowest BCUT2D eigenvalue weighted by molar-refractivity contribution is 0.431. The highest BCUT2D eigenvalue weighted by Gasteiger charge is 2.16. The second kappa shape index (κ2) is 2.73. The van der Waals surface area contributed by atoms with Gasteiger partial charge in [0.15, 0.2) is 0 Å². The van der Waals surface area contributed by atoms with Gasteiger partial charge in [-0.05, 0) is 30.7 Å². The summed E-state index contributed by atoms with van der Waals surface area (Å²) in [6.07, 6.45) is 3.22. The maximum absolute atomic E-state index is 9.10. The van der Waals surface area contributed by atoms with Gasteiger partial charge in [0.05, 0.1) is 5.69 Å². The first-order chi connectivity index (χ1) is 5.75. The smallest absolute Gasteiger partial charge is 0.231 e. The molecule has 0 spiro atoms. The van der Waals surface area contributed by atoms with E-state index in [9.17, 15) is 0 Å². The van der Waals surface area contributed by atoms with Crippen molar-refractivity contribution in [3.05, 3.63) is 17.3 Å². The Kier molecular flexibility index (Phi) is 1.71. The lowest BCUT2D eigenvalue weighted by Crippen LogP contribution is -2.13. The van der Waals surface area contributed by atoms with Crippen LogP contribution in [-0.4, -0.2) is 15.3 Å². The van der Waals surface area contributed by atoms with E-state index in [0.29, 0.717) is 5.92 Å². The highest BCUT2D eigenvalue weighted by atomic mass is 16.3. The van der Waals surface area contributed by atoms with E-state index in [4.69, 9.17) is 5.11 Å². The van der Waals surface area contributed by atoms with Gasteiger partial charge in [-0.3, -0.25) is 0 Å². The van der Waals surface area contributed by atoms with E-state index in [0.717, 1.165) is 18.5 Å². The summed E-state index contributed by atoms with van der Waals surface area (Å²) in [4.78, 5) is 0. The van der Waals surface area contributed by atoms with Gasteiger partial charge in [-0.15, -0.1) is 5.10 Å². The minimum atomic E-state index is 0.0443. The maximum atomic E-state index is 9.10. The minimum absolute atomic E-state index is 0.0443. The zero-order chi connectivity index (χ0) is 8.55.